The normalized spacial score (nSPS) is 15.0. The predicted molar refractivity (Wildman–Crippen MR) is 48.5 cm³/mol. The van der Waals surface area contributed by atoms with E-state index >= 15 is 0 Å². The summed E-state index contributed by atoms with van der Waals surface area (Å²) in [5.74, 6) is 0. The lowest BCUT2D eigenvalue weighted by molar-refractivity contribution is -0.00501. The largest absolute Gasteiger partial charge is 0.378 e. The molecule has 0 rings (SSSR count). The molecule has 68 valence electrons. The average molecular weight is 159 g/mol. The Morgan fingerprint density at radius 1 is 1.36 bits per heavy atom. The molecule has 0 saturated carbocycles. The minimum absolute atomic E-state index is 0.245. The van der Waals surface area contributed by atoms with Crippen molar-refractivity contribution in [2.24, 2.45) is 11.1 Å². The van der Waals surface area contributed by atoms with Crippen LogP contribution in [0.4, 0.5) is 0 Å². The SMILES string of the molecule is CC(OCCCN)C(C)(C)C. The molecule has 0 aliphatic carbocycles. The molecule has 1 unspecified atom stereocenters. The molecular formula is C9H21NO. The van der Waals surface area contributed by atoms with Crippen LogP contribution in [-0.2, 0) is 4.74 Å². The Kier molecular flexibility index (Phi) is 4.69. The van der Waals surface area contributed by atoms with Gasteiger partial charge in [-0.25, -0.2) is 0 Å². The second-order valence-electron chi connectivity index (χ2n) is 4.02. The summed E-state index contributed by atoms with van der Waals surface area (Å²) in [6, 6.07) is 0. The summed E-state index contributed by atoms with van der Waals surface area (Å²) in [6.07, 6.45) is 1.27. The minimum Gasteiger partial charge on any atom is -0.378 e. The number of ether oxygens (including phenoxy) is 1. The van der Waals surface area contributed by atoms with Crippen molar-refractivity contribution < 1.29 is 4.74 Å². The molecule has 0 spiro atoms. The van der Waals surface area contributed by atoms with E-state index in [9.17, 15) is 0 Å². The van der Waals surface area contributed by atoms with Crippen LogP contribution in [0.3, 0.4) is 0 Å². The Labute approximate surface area is 70.1 Å². The van der Waals surface area contributed by atoms with Gasteiger partial charge in [0.2, 0.25) is 0 Å². The first-order valence-electron chi connectivity index (χ1n) is 4.30. The highest BCUT2D eigenvalue weighted by Gasteiger charge is 2.19. The third kappa shape index (κ3) is 5.22. The summed E-state index contributed by atoms with van der Waals surface area (Å²) < 4.78 is 5.57. The van der Waals surface area contributed by atoms with Gasteiger partial charge >= 0.3 is 0 Å². The molecule has 0 amide bonds. The summed E-state index contributed by atoms with van der Waals surface area (Å²) in [5, 5.41) is 0. The predicted octanol–water partition coefficient (Wildman–Crippen LogP) is 1.79. The van der Waals surface area contributed by atoms with Crippen molar-refractivity contribution in [3.05, 3.63) is 0 Å². The molecule has 0 aromatic heterocycles. The van der Waals surface area contributed by atoms with Crippen molar-refractivity contribution in [1.29, 1.82) is 0 Å². The molecule has 0 aromatic carbocycles. The number of nitrogens with two attached hydrogens (primary N) is 1. The zero-order valence-electron chi connectivity index (χ0n) is 8.18. The number of hydrogen-bond acceptors (Lipinski definition) is 2. The Morgan fingerprint density at radius 2 is 1.91 bits per heavy atom. The average Bonchev–Trinajstić information content (AvgIpc) is 1.86. The summed E-state index contributed by atoms with van der Waals surface area (Å²) in [6.45, 7) is 10.2. The van der Waals surface area contributed by atoms with Crippen LogP contribution in [0.5, 0.6) is 0 Å². The van der Waals surface area contributed by atoms with Gasteiger partial charge in [-0.2, -0.15) is 0 Å². The van der Waals surface area contributed by atoms with Crippen LogP contribution in [0.1, 0.15) is 34.1 Å². The van der Waals surface area contributed by atoms with Crippen LogP contribution in [0.25, 0.3) is 0 Å². The molecule has 0 radical (unpaired) electrons. The molecule has 0 aliphatic rings. The molecule has 11 heavy (non-hydrogen) atoms. The van der Waals surface area contributed by atoms with Crippen LogP contribution in [0, 0.1) is 5.41 Å². The zero-order valence-corrected chi connectivity index (χ0v) is 8.18. The van der Waals surface area contributed by atoms with E-state index < -0.39 is 0 Å². The highest BCUT2D eigenvalue weighted by molar-refractivity contribution is 4.69. The first-order chi connectivity index (χ1) is 4.98. The van der Waals surface area contributed by atoms with Crippen molar-refractivity contribution in [3.8, 4) is 0 Å². The molecule has 1 atom stereocenters. The fraction of sp³-hybridized carbons (Fsp3) is 1.00. The van der Waals surface area contributed by atoms with Gasteiger partial charge in [-0.3, -0.25) is 0 Å². The van der Waals surface area contributed by atoms with Crippen LogP contribution in [-0.4, -0.2) is 19.3 Å². The maximum atomic E-state index is 5.57. The van der Waals surface area contributed by atoms with Crippen LogP contribution < -0.4 is 5.73 Å². The van der Waals surface area contributed by atoms with Crippen molar-refractivity contribution in [1.82, 2.24) is 0 Å². The van der Waals surface area contributed by atoms with Gasteiger partial charge < -0.3 is 10.5 Å². The van der Waals surface area contributed by atoms with Crippen molar-refractivity contribution >= 4 is 0 Å². The molecule has 0 saturated heterocycles. The molecule has 0 bridgehead atoms. The van der Waals surface area contributed by atoms with Gasteiger partial charge in [0, 0.05) is 6.61 Å². The first kappa shape index (κ1) is 10.9. The van der Waals surface area contributed by atoms with Crippen LogP contribution in [0.15, 0.2) is 0 Å². The number of rotatable bonds is 4. The Hall–Kier alpha value is -0.0800. The van der Waals surface area contributed by atoms with E-state index in [4.69, 9.17) is 10.5 Å². The molecule has 0 aliphatic heterocycles. The van der Waals surface area contributed by atoms with E-state index in [2.05, 4.69) is 27.7 Å². The maximum absolute atomic E-state index is 5.57. The van der Waals surface area contributed by atoms with Gasteiger partial charge in [-0.1, -0.05) is 20.8 Å². The lowest BCUT2D eigenvalue weighted by Gasteiger charge is -2.27. The topological polar surface area (TPSA) is 35.2 Å². The quantitative estimate of drug-likeness (QED) is 0.635. The first-order valence-corrected chi connectivity index (χ1v) is 4.30. The van der Waals surface area contributed by atoms with E-state index in [1.807, 2.05) is 0 Å². The van der Waals surface area contributed by atoms with Crippen molar-refractivity contribution in [2.45, 2.75) is 40.2 Å². The van der Waals surface area contributed by atoms with Gasteiger partial charge in [-0.15, -0.1) is 0 Å². The summed E-state index contributed by atoms with van der Waals surface area (Å²) in [5.41, 5.74) is 5.59. The van der Waals surface area contributed by atoms with E-state index in [0.29, 0.717) is 6.10 Å². The minimum atomic E-state index is 0.245. The Balaban J connectivity index is 3.44. The van der Waals surface area contributed by atoms with Crippen molar-refractivity contribution in [2.75, 3.05) is 13.2 Å². The van der Waals surface area contributed by atoms with E-state index in [0.717, 1.165) is 19.6 Å². The monoisotopic (exact) mass is 159 g/mol. The third-order valence-corrected chi connectivity index (χ3v) is 1.94. The Morgan fingerprint density at radius 3 is 2.27 bits per heavy atom. The summed E-state index contributed by atoms with van der Waals surface area (Å²) in [7, 11) is 0. The standard InChI is InChI=1S/C9H21NO/c1-8(9(2,3)4)11-7-5-6-10/h8H,5-7,10H2,1-4H3. The van der Waals surface area contributed by atoms with Gasteiger partial charge in [0.05, 0.1) is 6.10 Å². The second-order valence-corrected chi connectivity index (χ2v) is 4.02. The molecular weight excluding hydrogens is 138 g/mol. The van der Waals surface area contributed by atoms with Gasteiger partial charge in [0.15, 0.2) is 0 Å². The van der Waals surface area contributed by atoms with Gasteiger partial charge in [0.1, 0.15) is 0 Å². The Bertz CT molecular complexity index is 96.2. The fourth-order valence-electron chi connectivity index (χ4n) is 0.593. The molecule has 2 N–H and O–H groups in total. The third-order valence-electron chi connectivity index (χ3n) is 1.94. The molecule has 2 nitrogen and oxygen atoms in total. The molecule has 2 heteroatoms. The van der Waals surface area contributed by atoms with E-state index in [-0.39, 0.29) is 5.41 Å². The second kappa shape index (κ2) is 4.73. The van der Waals surface area contributed by atoms with E-state index in [1.165, 1.54) is 0 Å². The van der Waals surface area contributed by atoms with Crippen LogP contribution in [0.2, 0.25) is 0 Å². The van der Waals surface area contributed by atoms with Crippen LogP contribution >= 0.6 is 0 Å². The highest BCUT2D eigenvalue weighted by atomic mass is 16.5. The fourth-order valence-corrected chi connectivity index (χ4v) is 0.593. The summed E-state index contributed by atoms with van der Waals surface area (Å²) >= 11 is 0. The molecule has 0 fully saturated rings. The van der Waals surface area contributed by atoms with Crippen molar-refractivity contribution in [3.63, 3.8) is 0 Å². The lowest BCUT2D eigenvalue weighted by Crippen LogP contribution is -2.26. The van der Waals surface area contributed by atoms with Gasteiger partial charge in [0.25, 0.3) is 0 Å². The van der Waals surface area contributed by atoms with Gasteiger partial charge in [-0.05, 0) is 25.3 Å². The smallest absolute Gasteiger partial charge is 0.0595 e. The maximum Gasteiger partial charge on any atom is 0.0595 e. The molecule has 0 heterocycles. The van der Waals surface area contributed by atoms with E-state index in [1.54, 1.807) is 0 Å². The highest BCUT2D eigenvalue weighted by Crippen LogP contribution is 2.21. The summed E-state index contributed by atoms with van der Waals surface area (Å²) in [4.78, 5) is 0. The number of hydrogen-bond donors (Lipinski definition) is 1. The molecule has 0 aromatic rings. The zero-order chi connectivity index (χ0) is 8.91. The lowest BCUT2D eigenvalue weighted by atomic mass is 9.90.